The Morgan fingerprint density at radius 2 is 0.917 bits per heavy atom. The number of amides is 2. The SMILES string of the molecule is CCCC1CCC(C2CC=C(c3cnc(-c4ccc(C[C@H](CC(=O)OCc5ccccc5)C(=O)N5CC(C(=O)OC(C)(C)C)C5)cc4)nc3)CC2)CC1.CCCC1CCC(C2CC=C(c3cnc(-c4ccc(C[C@H](N)C(=O)N5CC(C(=O)OC(C)(C)C)C5)cc4)nc3)CC2)CC1. The van der Waals surface area contributed by atoms with E-state index in [9.17, 15) is 24.0 Å². The predicted octanol–water partition coefficient (Wildman–Crippen LogP) is 15.6. The molecule has 0 spiro atoms. The highest BCUT2D eigenvalue weighted by Gasteiger charge is 2.42. The number of aromatic nitrogens is 4. The van der Waals surface area contributed by atoms with Gasteiger partial charge in [0.05, 0.1) is 30.2 Å². The summed E-state index contributed by atoms with van der Waals surface area (Å²) in [5, 5.41) is 0. The van der Waals surface area contributed by atoms with Gasteiger partial charge in [-0.05, 0) is 182 Å². The van der Waals surface area contributed by atoms with Crippen LogP contribution >= 0.6 is 0 Å². The molecule has 0 radical (unpaired) electrons. The van der Waals surface area contributed by atoms with Gasteiger partial charge in [-0.15, -0.1) is 0 Å². The second-order valence-electron chi connectivity index (χ2n) is 30.7. The number of benzene rings is 3. The number of nitrogens with zero attached hydrogens (tertiary/aromatic N) is 6. The summed E-state index contributed by atoms with van der Waals surface area (Å²) in [5.41, 5.74) is 14.7. The molecule has 6 aliphatic rings. The minimum atomic E-state index is -0.652. The molecule has 0 bridgehead atoms. The Hall–Kier alpha value is -7.39. The first-order valence-corrected chi connectivity index (χ1v) is 36.3. The summed E-state index contributed by atoms with van der Waals surface area (Å²) in [6.45, 7) is 17.1. The number of carbonyl (C=O) groups excluding carboxylic acids is 5. The lowest BCUT2D eigenvalue weighted by molar-refractivity contribution is -0.170. The molecule has 2 aromatic heterocycles. The average molecular weight is 1310 g/mol. The van der Waals surface area contributed by atoms with Gasteiger partial charge in [0.2, 0.25) is 11.8 Å². The van der Waals surface area contributed by atoms with E-state index < -0.39 is 29.1 Å². The van der Waals surface area contributed by atoms with Crippen LogP contribution in [0.25, 0.3) is 33.9 Å². The van der Waals surface area contributed by atoms with Crippen LogP contribution in [0.3, 0.4) is 0 Å². The van der Waals surface area contributed by atoms with Gasteiger partial charge in [-0.1, -0.05) is 156 Å². The molecular formula is C81H107N7O8. The Morgan fingerprint density at radius 3 is 1.31 bits per heavy atom. The summed E-state index contributed by atoms with van der Waals surface area (Å²) in [6.07, 6.45) is 37.4. The molecule has 514 valence electrons. The van der Waals surface area contributed by atoms with Crippen LogP contribution in [0, 0.1) is 53.3 Å². The van der Waals surface area contributed by atoms with Crippen molar-refractivity contribution >= 4 is 40.9 Å². The quantitative estimate of drug-likeness (QED) is 0.0508. The standard InChI is InChI=1S/C45H57N3O5.C36H50N4O3/c1-5-9-31-12-16-34(17-13-31)35-20-22-36(23-21-35)39-26-46-42(47-27-39)37-18-14-32(15-19-37)24-38(25-41(49)52-30-33-10-7-6-8-11-33)43(50)48-28-40(29-48)44(51)53-45(2,3)4;1-5-6-24-7-11-26(12-8-24)27-15-17-28(18-16-27)30-20-38-33(39-21-30)29-13-9-25(10-14-29)19-32(37)34(41)40-22-31(23-40)35(42)43-36(2,3)4/h6-8,10-11,14-15,18-19,22,26-27,31,34-35,38,40H,5,9,12-13,16-17,20-21,23-25,28-30H2,1-4H3;9-10,13-14,17,20-21,24,26-27,31-32H,5-8,11-12,15-16,18-19,22-23,37H2,1-4H3/t31?,34?,35?,38-;24?,26?,27?,32-/m10/s1. The number of hydrogen-bond acceptors (Lipinski definition) is 13. The largest absolute Gasteiger partial charge is 0.461 e. The lowest BCUT2D eigenvalue weighted by atomic mass is 9.70. The Morgan fingerprint density at radius 1 is 0.500 bits per heavy atom. The maximum Gasteiger partial charge on any atom is 0.313 e. The van der Waals surface area contributed by atoms with Crippen molar-refractivity contribution in [2.45, 2.75) is 214 Å². The van der Waals surface area contributed by atoms with Crippen LogP contribution in [0.1, 0.15) is 205 Å². The molecule has 96 heavy (non-hydrogen) atoms. The Labute approximate surface area is 571 Å². The molecule has 2 saturated heterocycles. The third-order valence-electron chi connectivity index (χ3n) is 21.0. The van der Waals surface area contributed by atoms with Crippen LogP contribution in [0.15, 0.2) is 116 Å². The molecule has 11 rings (SSSR count). The van der Waals surface area contributed by atoms with Crippen LogP contribution in [-0.4, -0.2) is 103 Å². The molecular weight excluding hydrogens is 1200 g/mol. The van der Waals surface area contributed by atoms with Crippen molar-refractivity contribution in [3.63, 3.8) is 0 Å². The fourth-order valence-corrected chi connectivity index (χ4v) is 15.4. The van der Waals surface area contributed by atoms with Gasteiger partial charge in [0.1, 0.15) is 17.8 Å². The van der Waals surface area contributed by atoms with Crippen molar-refractivity contribution in [3.05, 3.63) is 144 Å². The van der Waals surface area contributed by atoms with Gasteiger partial charge in [0.15, 0.2) is 11.6 Å². The maximum absolute atomic E-state index is 13.7. The first-order valence-electron chi connectivity index (χ1n) is 36.3. The highest BCUT2D eigenvalue weighted by atomic mass is 16.6. The van der Waals surface area contributed by atoms with E-state index in [1.165, 1.54) is 107 Å². The van der Waals surface area contributed by atoms with E-state index in [2.05, 4.69) is 36.0 Å². The summed E-state index contributed by atoms with van der Waals surface area (Å²) in [4.78, 5) is 86.4. The topological polar surface area (TPSA) is 197 Å². The summed E-state index contributed by atoms with van der Waals surface area (Å²) in [6, 6.07) is 24.7. The summed E-state index contributed by atoms with van der Waals surface area (Å²) >= 11 is 0. The van der Waals surface area contributed by atoms with Crippen molar-refractivity contribution in [2.75, 3.05) is 26.2 Å². The van der Waals surface area contributed by atoms with Crippen molar-refractivity contribution in [3.8, 4) is 22.8 Å². The average Bonchev–Trinajstić information content (AvgIpc) is 0.880. The van der Waals surface area contributed by atoms with E-state index in [4.69, 9.17) is 29.9 Å². The molecule has 2 aliphatic heterocycles. The number of nitrogens with two attached hydrogens (primary N) is 1. The van der Waals surface area contributed by atoms with Crippen LogP contribution < -0.4 is 5.73 Å². The Bertz CT molecular complexity index is 3420. The molecule has 3 aromatic carbocycles. The highest BCUT2D eigenvalue weighted by molar-refractivity contribution is 5.87. The van der Waals surface area contributed by atoms with Crippen LogP contribution in [-0.2, 0) is 57.6 Å². The van der Waals surface area contributed by atoms with Gasteiger partial charge in [-0.3, -0.25) is 24.0 Å². The van der Waals surface area contributed by atoms with E-state index in [1.807, 2.05) is 145 Å². The molecule has 4 fully saturated rings. The number of likely N-dealkylation sites (tertiary alicyclic amines) is 2. The fraction of sp³-hybridized carbons (Fsp3) is 0.568. The summed E-state index contributed by atoms with van der Waals surface area (Å²) in [7, 11) is 0. The fourth-order valence-electron chi connectivity index (χ4n) is 15.4. The lowest BCUT2D eigenvalue weighted by Crippen LogP contribution is -2.58. The third kappa shape index (κ3) is 20.1. The number of esters is 3. The van der Waals surface area contributed by atoms with E-state index in [-0.39, 0.29) is 61.7 Å². The third-order valence-corrected chi connectivity index (χ3v) is 21.0. The van der Waals surface area contributed by atoms with Gasteiger partial charge < -0.3 is 29.7 Å². The second-order valence-corrected chi connectivity index (χ2v) is 30.7. The number of hydrogen-bond donors (Lipinski definition) is 1. The molecule has 2 unspecified atom stereocenters. The number of carbonyl (C=O) groups is 5. The Balaban J connectivity index is 0.000000213. The van der Waals surface area contributed by atoms with E-state index in [1.54, 1.807) is 9.80 Å². The number of rotatable bonds is 22. The van der Waals surface area contributed by atoms with Gasteiger partial charge in [-0.25, -0.2) is 19.9 Å². The summed E-state index contributed by atoms with van der Waals surface area (Å²) < 4.78 is 16.5. The zero-order chi connectivity index (χ0) is 67.9. The molecule has 4 atom stereocenters. The highest BCUT2D eigenvalue weighted by Crippen LogP contribution is 2.44. The Kier molecular flexibility index (Phi) is 24.7. The lowest BCUT2D eigenvalue weighted by Gasteiger charge is -2.40. The molecule has 4 aliphatic carbocycles. The first-order chi connectivity index (χ1) is 46.1. The summed E-state index contributed by atoms with van der Waals surface area (Å²) in [5.74, 6) is 4.20. The first kappa shape index (κ1) is 71.4. The van der Waals surface area contributed by atoms with Crippen molar-refractivity contribution < 1.29 is 38.2 Å². The van der Waals surface area contributed by atoms with Crippen LogP contribution in [0.2, 0.25) is 0 Å². The normalized spacial score (nSPS) is 22.3. The van der Waals surface area contributed by atoms with Crippen molar-refractivity contribution in [1.29, 1.82) is 0 Å². The zero-order valence-electron chi connectivity index (χ0n) is 58.7. The molecule has 2 amide bonds. The minimum absolute atomic E-state index is 0.0533. The minimum Gasteiger partial charge on any atom is -0.461 e. The van der Waals surface area contributed by atoms with Crippen molar-refractivity contribution in [2.24, 2.45) is 59.0 Å². The van der Waals surface area contributed by atoms with Gasteiger partial charge in [-0.2, -0.15) is 0 Å². The van der Waals surface area contributed by atoms with Crippen LogP contribution in [0.4, 0.5) is 0 Å². The van der Waals surface area contributed by atoms with E-state index >= 15 is 0 Å². The molecule has 15 heteroatoms. The number of ether oxygens (including phenoxy) is 3. The molecule has 2 saturated carbocycles. The zero-order valence-corrected chi connectivity index (χ0v) is 58.7. The van der Waals surface area contributed by atoms with Gasteiger partial charge >= 0.3 is 17.9 Å². The van der Waals surface area contributed by atoms with Crippen LogP contribution in [0.5, 0.6) is 0 Å². The molecule has 2 N–H and O–H groups in total. The second kappa shape index (κ2) is 33.2. The number of allylic oxidation sites excluding steroid dienone is 4. The van der Waals surface area contributed by atoms with E-state index in [0.29, 0.717) is 37.6 Å². The smallest absolute Gasteiger partial charge is 0.313 e. The van der Waals surface area contributed by atoms with E-state index in [0.717, 1.165) is 93.7 Å². The van der Waals surface area contributed by atoms with Gasteiger partial charge in [0, 0.05) is 73.2 Å². The molecule has 4 heterocycles. The monoisotopic (exact) mass is 1310 g/mol. The predicted molar refractivity (Wildman–Crippen MR) is 378 cm³/mol. The van der Waals surface area contributed by atoms with Gasteiger partial charge in [0.25, 0.3) is 0 Å². The molecule has 5 aromatic rings. The molecule has 15 nitrogen and oxygen atoms in total. The maximum atomic E-state index is 13.7. The van der Waals surface area contributed by atoms with Crippen molar-refractivity contribution in [1.82, 2.24) is 29.7 Å².